The first-order chi connectivity index (χ1) is 13.6. The van der Waals surface area contributed by atoms with Crippen molar-refractivity contribution in [3.63, 3.8) is 0 Å². The standard InChI is InChI=1S/C22H23NO5/c1-15-19(23-22(28-15)17-6-4-3-5-7-17)12-13-27-18-10-8-16(9-11-21(24)25)20(14-18)26-2/h3-8,10,14H,9,11-13H2,1-2H3,(H,24,25). The van der Waals surface area contributed by atoms with E-state index in [1.807, 2.05) is 49.4 Å². The van der Waals surface area contributed by atoms with E-state index in [1.54, 1.807) is 13.2 Å². The van der Waals surface area contributed by atoms with Crippen LogP contribution in [0.1, 0.15) is 23.4 Å². The van der Waals surface area contributed by atoms with Crippen LogP contribution in [0, 0.1) is 6.92 Å². The maximum atomic E-state index is 10.8. The molecule has 146 valence electrons. The Morgan fingerprint density at radius 1 is 1.14 bits per heavy atom. The van der Waals surface area contributed by atoms with Crippen molar-refractivity contribution in [1.29, 1.82) is 0 Å². The third-order valence-corrected chi connectivity index (χ3v) is 4.39. The third-order valence-electron chi connectivity index (χ3n) is 4.39. The van der Waals surface area contributed by atoms with Crippen molar-refractivity contribution in [2.24, 2.45) is 0 Å². The average Bonchev–Trinajstić information content (AvgIpc) is 3.08. The molecule has 3 aromatic rings. The lowest BCUT2D eigenvalue weighted by Crippen LogP contribution is -2.04. The molecule has 0 fully saturated rings. The van der Waals surface area contributed by atoms with Crippen LogP contribution in [0.3, 0.4) is 0 Å². The van der Waals surface area contributed by atoms with Crippen molar-refractivity contribution in [3.05, 3.63) is 65.5 Å². The molecule has 0 aliphatic heterocycles. The van der Waals surface area contributed by atoms with Crippen molar-refractivity contribution in [2.45, 2.75) is 26.2 Å². The summed E-state index contributed by atoms with van der Waals surface area (Å²) in [5.74, 6) is 1.85. The van der Waals surface area contributed by atoms with Gasteiger partial charge in [0.15, 0.2) is 0 Å². The Morgan fingerprint density at radius 2 is 1.93 bits per heavy atom. The van der Waals surface area contributed by atoms with Crippen LogP contribution in [0.2, 0.25) is 0 Å². The van der Waals surface area contributed by atoms with Crippen molar-refractivity contribution in [3.8, 4) is 23.0 Å². The number of aryl methyl sites for hydroxylation is 2. The number of rotatable bonds is 9. The van der Waals surface area contributed by atoms with E-state index in [2.05, 4.69) is 4.98 Å². The van der Waals surface area contributed by atoms with Gasteiger partial charge in [-0.25, -0.2) is 4.98 Å². The zero-order chi connectivity index (χ0) is 19.9. The molecule has 0 unspecified atom stereocenters. The highest BCUT2D eigenvalue weighted by Gasteiger charge is 2.12. The molecule has 1 N–H and O–H groups in total. The number of ether oxygens (including phenoxy) is 2. The van der Waals surface area contributed by atoms with Gasteiger partial charge in [0.1, 0.15) is 17.3 Å². The molecule has 0 radical (unpaired) electrons. The van der Waals surface area contributed by atoms with E-state index in [0.717, 1.165) is 22.6 Å². The van der Waals surface area contributed by atoms with E-state index < -0.39 is 5.97 Å². The van der Waals surface area contributed by atoms with Crippen LogP contribution in [0.5, 0.6) is 11.5 Å². The molecule has 6 heteroatoms. The Kier molecular flexibility index (Phi) is 6.32. The average molecular weight is 381 g/mol. The lowest BCUT2D eigenvalue weighted by atomic mass is 10.1. The Bertz CT molecular complexity index is 933. The fourth-order valence-electron chi connectivity index (χ4n) is 2.89. The Morgan fingerprint density at radius 3 is 2.64 bits per heavy atom. The summed E-state index contributed by atoms with van der Waals surface area (Å²) < 4.78 is 16.9. The molecule has 1 aromatic heterocycles. The normalized spacial score (nSPS) is 10.6. The van der Waals surface area contributed by atoms with Gasteiger partial charge < -0.3 is 19.0 Å². The molecule has 0 spiro atoms. The Labute approximate surface area is 163 Å². The highest BCUT2D eigenvalue weighted by molar-refractivity contribution is 5.67. The molecule has 2 aromatic carbocycles. The molecule has 0 atom stereocenters. The quantitative estimate of drug-likeness (QED) is 0.595. The number of carboxylic acid groups (broad SMARTS) is 1. The minimum atomic E-state index is -0.833. The smallest absolute Gasteiger partial charge is 0.303 e. The van der Waals surface area contributed by atoms with E-state index in [1.165, 1.54) is 0 Å². The molecule has 28 heavy (non-hydrogen) atoms. The van der Waals surface area contributed by atoms with E-state index in [4.69, 9.17) is 19.0 Å². The van der Waals surface area contributed by atoms with Crippen LogP contribution < -0.4 is 9.47 Å². The molecule has 0 bridgehead atoms. The molecular formula is C22H23NO5. The fourth-order valence-corrected chi connectivity index (χ4v) is 2.89. The molecule has 0 aliphatic carbocycles. The number of aromatic nitrogens is 1. The zero-order valence-corrected chi connectivity index (χ0v) is 16.0. The number of carboxylic acids is 1. The van der Waals surface area contributed by atoms with Crippen molar-refractivity contribution < 1.29 is 23.8 Å². The lowest BCUT2D eigenvalue weighted by Gasteiger charge is -2.11. The number of methoxy groups -OCH3 is 1. The number of oxazole rings is 1. The molecule has 3 rings (SSSR count). The van der Waals surface area contributed by atoms with Gasteiger partial charge in [0.25, 0.3) is 0 Å². The highest BCUT2D eigenvalue weighted by atomic mass is 16.5. The van der Waals surface area contributed by atoms with Crippen molar-refractivity contribution >= 4 is 5.97 Å². The Hall–Kier alpha value is -3.28. The molecule has 1 heterocycles. The van der Waals surface area contributed by atoms with E-state index in [9.17, 15) is 4.79 Å². The molecule has 0 saturated heterocycles. The molecule has 0 aliphatic rings. The summed E-state index contributed by atoms with van der Waals surface area (Å²) in [4.78, 5) is 15.3. The van der Waals surface area contributed by atoms with Crippen LogP contribution in [0.25, 0.3) is 11.5 Å². The summed E-state index contributed by atoms with van der Waals surface area (Å²) in [6.45, 7) is 2.34. The first kappa shape index (κ1) is 19.5. The van der Waals surface area contributed by atoms with Crippen LogP contribution in [0.4, 0.5) is 0 Å². The maximum absolute atomic E-state index is 10.8. The summed E-state index contributed by atoms with van der Waals surface area (Å²) in [7, 11) is 1.56. The highest BCUT2D eigenvalue weighted by Crippen LogP contribution is 2.26. The fraction of sp³-hybridized carbons (Fsp3) is 0.273. The summed E-state index contributed by atoms with van der Waals surface area (Å²) in [5, 5.41) is 8.84. The minimum absolute atomic E-state index is 0.0613. The lowest BCUT2D eigenvalue weighted by molar-refractivity contribution is -0.136. The van der Waals surface area contributed by atoms with Gasteiger partial charge in [0.05, 0.1) is 19.4 Å². The monoisotopic (exact) mass is 381 g/mol. The molecular weight excluding hydrogens is 358 g/mol. The molecule has 6 nitrogen and oxygen atoms in total. The summed E-state index contributed by atoms with van der Waals surface area (Å²) in [5.41, 5.74) is 2.65. The van der Waals surface area contributed by atoms with Gasteiger partial charge in [-0.1, -0.05) is 24.3 Å². The number of hydrogen-bond acceptors (Lipinski definition) is 5. The maximum Gasteiger partial charge on any atom is 0.303 e. The second-order valence-corrected chi connectivity index (χ2v) is 6.35. The van der Waals surface area contributed by atoms with Crippen LogP contribution in [-0.2, 0) is 17.6 Å². The Balaban J connectivity index is 1.60. The SMILES string of the molecule is COc1cc(OCCc2nc(-c3ccccc3)oc2C)ccc1CCC(=O)O. The molecule has 0 saturated carbocycles. The number of carbonyl (C=O) groups is 1. The first-order valence-electron chi connectivity index (χ1n) is 9.10. The molecule has 0 amide bonds. The van der Waals surface area contributed by atoms with Gasteiger partial charge >= 0.3 is 5.97 Å². The number of hydrogen-bond donors (Lipinski definition) is 1. The van der Waals surface area contributed by atoms with Gasteiger partial charge in [-0.3, -0.25) is 4.79 Å². The van der Waals surface area contributed by atoms with Crippen LogP contribution in [-0.4, -0.2) is 29.8 Å². The van der Waals surface area contributed by atoms with Crippen molar-refractivity contribution in [2.75, 3.05) is 13.7 Å². The predicted octanol–water partition coefficient (Wildman–Crippen LogP) is 4.30. The number of benzene rings is 2. The minimum Gasteiger partial charge on any atom is -0.496 e. The summed E-state index contributed by atoms with van der Waals surface area (Å²) >= 11 is 0. The third kappa shape index (κ3) is 4.91. The second kappa shape index (κ2) is 9.08. The summed E-state index contributed by atoms with van der Waals surface area (Å²) in [6, 6.07) is 15.2. The van der Waals surface area contributed by atoms with Gasteiger partial charge in [-0.2, -0.15) is 0 Å². The number of aliphatic carboxylic acids is 1. The largest absolute Gasteiger partial charge is 0.496 e. The van der Waals surface area contributed by atoms with Crippen LogP contribution in [0.15, 0.2) is 52.9 Å². The summed E-state index contributed by atoms with van der Waals surface area (Å²) in [6.07, 6.45) is 1.09. The topological polar surface area (TPSA) is 81.8 Å². The van der Waals surface area contributed by atoms with Gasteiger partial charge in [0, 0.05) is 24.5 Å². The van der Waals surface area contributed by atoms with Gasteiger partial charge in [-0.15, -0.1) is 0 Å². The van der Waals surface area contributed by atoms with E-state index in [-0.39, 0.29) is 6.42 Å². The zero-order valence-electron chi connectivity index (χ0n) is 16.0. The van der Waals surface area contributed by atoms with Crippen molar-refractivity contribution in [1.82, 2.24) is 4.98 Å². The number of nitrogens with zero attached hydrogens (tertiary/aromatic N) is 1. The van der Waals surface area contributed by atoms with E-state index in [0.29, 0.717) is 36.8 Å². The predicted molar refractivity (Wildman–Crippen MR) is 105 cm³/mol. The van der Waals surface area contributed by atoms with Gasteiger partial charge in [0.2, 0.25) is 5.89 Å². The second-order valence-electron chi connectivity index (χ2n) is 6.35. The van der Waals surface area contributed by atoms with Crippen LogP contribution >= 0.6 is 0 Å². The first-order valence-corrected chi connectivity index (χ1v) is 9.10. The van der Waals surface area contributed by atoms with Gasteiger partial charge in [-0.05, 0) is 37.1 Å². The van der Waals surface area contributed by atoms with E-state index >= 15 is 0 Å².